The maximum absolute atomic E-state index is 9.31. The molecule has 19 heavy (non-hydrogen) atoms. The van der Waals surface area contributed by atoms with Gasteiger partial charge >= 0.3 is 0 Å². The molecule has 0 fully saturated rings. The summed E-state index contributed by atoms with van der Waals surface area (Å²) in [4.78, 5) is 5.89. The number of nitrogens with zero attached hydrogens (tertiary/aromatic N) is 3. The summed E-state index contributed by atoms with van der Waals surface area (Å²) in [6, 6.07) is 8.43. The fourth-order valence-corrected chi connectivity index (χ4v) is 2.75. The fourth-order valence-electron chi connectivity index (χ4n) is 1.37. The van der Waals surface area contributed by atoms with Gasteiger partial charge in [-0.2, -0.15) is 10.1 Å². The van der Waals surface area contributed by atoms with Gasteiger partial charge in [0.2, 0.25) is 11.0 Å². The molecule has 0 saturated heterocycles. The molecule has 0 bridgehead atoms. The highest BCUT2D eigenvalue weighted by Gasteiger charge is 2.03. The minimum absolute atomic E-state index is 0.0491. The average Bonchev–Trinajstić information content (AvgIpc) is 2.71. The van der Waals surface area contributed by atoms with Crippen LogP contribution < -0.4 is 0 Å². The predicted octanol–water partition coefficient (Wildman–Crippen LogP) is 4.34. The summed E-state index contributed by atoms with van der Waals surface area (Å²) in [5.41, 5.74) is 1.27. The Kier molecular flexibility index (Phi) is 4.93. The lowest BCUT2D eigenvalue weighted by Crippen LogP contribution is -1.83. The van der Waals surface area contributed by atoms with Gasteiger partial charge in [0.15, 0.2) is 0 Å². The second-order valence-electron chi connectivity index (χ2n) is 4.00. The Labute approximate surface area is 120 Å². The maximum atomic E-state index is 9.31. The lowest BCUT2D eigenvalue weighted by Gasteiger charge is -1.99. The Hall–Kier alpha value is -1.40. The molecule has 1 heterocycles. The van der Waals surface area contributed by atoms with Crippen molar-refractivity contribution in [3.8, 4) is 5.88 Å². The molecule has 0 atom stereocenters. The monoisotopic (exact) mass is 293 g/mol. The van der Waals surface area contributed by atoms with E-state index < -0.39 is 0 Å². The number of thiazole rings is 1. The van der Waals surface area contributed by atoms with Gasteiger partial charge in [0.25, 0.3) is 0 Å². The van der Waals surface area contributed by atoms with E-state index in [1.54, 1.807) is 18.7 Å². The van der Waals surface area contributed by atoms with Gasteiger partial charge in [0, 0.05) is 10.6 Å². The van der Waals surface area contributed by atoms with Crippen LogP contribution >= 0.6 is 23.1 Å². The van der Waals surface area contributed by atoms with Crippen molar-refractivity contribution < 1.29 is 5.11 Å². The van der Waals surface area contributed by atoms with Gasteiger partial charge in [-0.15, -0.1) is 16.9 Å². The number of azo groups is 1. The molecule has 0 amide bonds. The van der Waals surface area contributed by atoms with Gasteiger partial charge in [-0.25, -0.2) is 0 Å². The third kappa shape index (κ3) is 4.33. The predicted molar refractivity (Wildman–Crippen MR) is 79.8 cm³/mol. The van der Waals surface area contributed by atoms with E-state index in [2.05, 4.69) is 46.4 Å². The summed E-state index contributed by atoms with van der Waals surface area (Å²) in [5, 5.41) is 17.9. The van der Waals surface area contributed by atoms with Gasteiger partial charge in [-0.05, 0) is 26.0 Å². The topological polar surface area (TPSA) is 57.8 Å². The summed E-state index contributed by atoms with van der Waals surface area (Å²) in [6.45, 7) is 4.52. The van der Waals surface area contributed by atoms with Crippen LogP contribution in [0.5, 0.6) is 5.88 Å². The molecule has 100 valence electrons. The van der Waals surface area contributed by atoms with Crippen molar-refractivity contribution in [3.05, 3.63) is 34.7 Å². The molecular weight excluding hydrogens is 278 g/mol. The quantitative estimate of drug-likeness (QED) is 0.507. The van der Waals surface area contributed by atoms with Crippen LogP contribution in [0, 0.1) is 13.8 Å². The van der Waals surface area contributed by atoms with Crippen molar-refractivity contribution in [2.45, 2.75) is 18.7 Å². The molecule has 0 spiro atoms. The number of benzene rings is 1. The van der Waals surface area contributed by atoms with Crippen LogP contribution in [0.4, 0.5) is 5.13 Å². The van der Waals surface area contributed by atoms with Crippen molar-refractivity contribution in [1.82, 2.24) is 4.98 Å². The summed E-state index contributed by atoms with van der Waals surface area (Å²) >= 11 is 3.09. The van der Waals surface area contributed by atoms with Crippen LogP contribution in [0.2, 0.25) is 0 Å². The molecule has 0 aliphatic carbocycles. The molecule has 2 aromatic rings. The Morgan fingerprint density at radius 1 is 1.26 bits per heavy atom. The SMILES string of the molecule is Cc1ccc(SCCN=Nc2nc(O)c(C)s2)cc1. The third-order valence-electron chi connectivity index (χ3n) is 2.40. The summed E-state index contributed by atoms with van der Waals surface area (Å²) in [5.74, 6) is 0.927. The van der Waals surface area contributed by atoms with Crippen LogP contribution in [0.3, 0.4) is 0 Å². The Balaban J connectivity index is 1.76. The van der Waals surface area contributed by atoms with Crippen LogP contribution in [0.25, 0.3) is 0 Å². The second kappa shape index (κ2) is 6.68. The van der Waals surface area contributed by atoms with Crippen LogP contribution in [0.15, 0.2) is 39.4 Å². The molecule has 1 aromatic heterocycles. The lowest BCUT2D eigenvalue weighted by molar-refractivity contribution is 0.454. The highest BCUT2D eigenvalue weighted by Crippen LogP contribution is 2.28. The molecule has 0 aliphatic rings. The van der Waals surface area contributed by atoms with Gasteiger partial charge < -0.3 is 5.11 Å². The summed E-state index contributed by atoms with van der Waals surface area (Å²) < 4.78 is 0. The molecule has 2 rings (SSSR count). The first-order valence-corrected chi connectivity index (χ1v) is 7.69. The lowest BCUT2D eigenvalue weighted by atomic mass is 10.2. The van der Waals surface area contributed by atoms with Crippen LogP contribution in [-0.4, -0.2) is 22.4 Å². The molecule has 0 aliphatic heterocycles. The first-order chi connectivity index (χ1) is 9.15. The standard InChI is InChI=1S/C13H15N3OS2/c1-9-3-5-11(6-4-9)18-8-7-14-16-13-15-12(17)10(2)19-13/h3-6,17H,7-8H2,1-2H3. The van der Waals surface area contributed by atoms with Crippen LogP contribution in [0.1, 0.15) is 10.4 Å². The van der Waals surface area contributed by atoms with Crippen LogP contribution in [-0.2, 0) is 0 Å². The molecule has 1 N–H and O–H groups in total. The number of thioether (sulfide) groups is 1. The van der Waals surface area contributed by atoms with Gasteiger partial charge in [0.05, 0.1) is 11.4 Å². The normalized spacial score (nSPS) is 11.3. The van der Waals surface area contributed by atoms with E-state index in [-0.39, 0.29) is 5.88 Å². The highest BCUT2D eigenvalue weighted by atomic mass is 32.2. The maximum Gasteiger partial charge on any atom is 0.233 e. The number of aromatic hydroxyl groups is 1. The first kappa shape index (κ1) is 14.0. The molecule has 0 saturated carbocycles. The van der Waals surface area contributed by atoms with Gasteiger partial charge in [0.1, 0.15) is 0 Å². The largest absolute Gasteiger partial charge is 0.492 e. The number of hydrogen-bond acceptors (Lipinski definition) is 6. The molecule has 0 unspecified atom stereocenters. The Morgan fingerprint density at radius 3 is 2.63 bits per heavy atom. The second-order valence-corrected chi connectivity index (χ2v) is 6.35. The Morgan fingerprint density at radius 2 is 2.00 bits per heavy atom. The van der Waals surface area contributed by atoms with Gasteiger partial charge in [-0.3, -0.25) is 0 Å². The number of hydrogen-bond donors (Lipinski definition) is 1. The van der Waals surface area contributed by atoms with E-state index in [0.717, 1.165) is 10.6 Å². The van der Waals surface area contributed by atoms with Crippen molar-refractivity contribution in [1.29, 1.82) is 0 Å². The first-order valence-electron chi connectivity index (χ1n) is 5.88. The fraction of sp³-hybridized carbons (Fsp3) is 0.308. The minimum atomic E-state index is 0.0491. The minimum Gasteiger partial charge on any atom is -0.492 e. The zero-order chi connectivity index (χ0) is 13.7. The Bertz CT molecular complexity index is 544. The van der Waals surface area contributed by atoms with Crippen molar-refractivity contribution >= 4 is 28.2 Å². The van der Waals surface area contributed by atoms with Crippen molar-refractivity contribution in [2.24, 2.45) is 10.2 Å². The van der Waals surface area contributed by atoms with Crippen molar-refractivity contribution in [3.63, 3.8) is 0 Å². The molecule has 1 aromatic carbocycles. The smallest absolute Gasteiger partial charge is 0.233 e. The van der Waals surface area contributed by atoms with E-state index >= 15 is 0 Å². The third-order valence-corrected chi connectivity index (χ3v) is 4.23. The number of aromatic nitrogens is 1. The zero-order valence-electron chi connectivity index (χ0n) is 10.8. The highest BCUT2D eigenvalue weighted by molar-refractivity contribution is 7.99. The molecule has 6 heteroatoms. The summed E-state index contributed by atoms with van der Waals surface area (Å²) in [6.07, 6.45) is 0. The van der Waals surface area contributed by atoms with E-state index in [4.69, 9.17) is 0 Å². The number of aryl methyl sites for hydroxylation is 2. The molecule has 4 nitrogen and oxygen atoms in total. The molecule has 0 radical (unpaired) electrons. The number of rotatable bonds is 5. The molecular formula is C13H15N3OS2. The van der Waals surface area contributed by atoms with Crippen molar-refractivity contribution in [2.75, 3.05) is 12.3 Å². The van der Waals surface area contributed by atoms with Gasteiger partial charge in [-0.1, -0.05) is 29.0 Å². The van der Waals surface area contributed by atoms with E-state index in [1.807, 2.05) is 0 Å². The van der Waals surface area contributed by atoms with E-state index in [0.29, 0.717) is 11.7 Å². The summed E-state index contributed by atoms with van der Waals surface area (Å²) in [7, 11) is 0. The average molecular weight is 293 g/mol. The van der Waals surface area contributed by atoms with E-state index in [1.165, 1.54) is 21.8 Å². The zero-order valence-corrected chi connectivity index (χ0v) is 12.5. The van der Waals surface area contributed by atoms with E-state index in [9.17, 15) is 5.11 Å².